The molecular formula is C27H37N7O. The first-order chi connectivity index (χ1) is 17.0. The molecule has 8 nitrogen and oxygen atoms in total. The second-order valence-electron chi connectivity index (χ2n) is 9.43. The number of aromatic nitrogens is 2. The first kappa shape index (κ1) is 24.9. The first-order valence-corrected chi connectivity index (χ1v) is 12.5. The van der Waals surface area contributed by atoms with Gasteiger partial charge in [-0.05, 0) is 51.7 Å². The van der Waals surface area contributed by atoms with Crippen LogP contribution < -0.4 is 10.6 Å². The number of rotatable bonds is 9. The fourth-order valence-corrected chi connectivity index (χ4v) is 4.34. The number of piperazine rings is 1. The molecule has 3 aromatic rings. The minimum Gasteiger partial charge on any atom is -0.369 e. The lowest BCUT2D eigenvalue weighted by Crippen LogP contribution is -2.51. The van der Waals surface area contributed by atoms with Gasteiger partial charge in [0.15, 0.2) is 0 Å². The zero-order valence-corrected chi connectivity index (χ0v) is 21.1. The van der Waals surface area contributed by atoms with Crippen LogP contribution in [0.4, 0.5) is 10.6 Å². The normalized spacial score (nSPS) is 15.4. The topological polar surface area (TPSA) is 76.6 Å². The number of amides is 2. The van der Waals surface area contributed by atoms with Crippen LogP contribution in [0.2, 0.25) is 0 Å². The number of hydrogen-bond acceptors (Lipinski definition) is 6. The highest BCUT2D eigenvalue weighted by atomic mass is 16.2. The molecule has 2 N–H and O–H groups in total. The summed E-state index contributed by atoms with van der Waals surface area (Å²) in [7, 11) is 4.18. The third-order valence-electron chi connectivity index (χ3n) is 6.39. The summed E-state index contributed by atoms with van der Waals surface area (Å²) >= 11 is 0. The molecule has 1 aliphatic heterocycles. The summed E-state index contributed by atoms with van der Waals surface area (Å²) in [5.74, 6) is 1.71. The van der Waals surface area contributed by atoms with Gasteiger partial charge in [-0.15, -0.1) is 0 Å². The molecule has 1 fully saturated rings. The molecule has 1 aromatic heterocycles. The van der Waals surface area contributed by atoms with Crippen LogP contribution in [0.5, 0.6) is 0 Å². The highest BCUT2D eigenvalue weighted by Gasteiger charge is 2.23. The number of urea groups is 1. The van der Waals surface area contributed by atoms with E-state index in [4.69, 9.17) is 9.97 Å². The minimum atomic E-state index is -0.0172. The maximum atomic E-state index is 12.8. The summed E-state index contributed by atoms with van der Waals surface area (Å²) in [4.78, 5) is 28.9. The Hall–Kier alpha value is -3.23. The van der Waals surface area contributed by atoms with Gasteiger partial charge in [-0.25, -0.2) is 14.8 Å². The molecule has 0 bridgehead atoms. The Balaban J connectivity index is 1.33. The molecule has 0 saturated carbocycles. The van der Waals surface area contributed by atoms with Crippen LogP contribution in [0.15, 0.2) is 54.6 Å². The SMILES string of the molecule is C[C@H](NC(=O)N1CCN(Cc2nc(NCCCN(C)C)c3ccccc3n2)CC1)c1ccccc1. The van der Waals surface area contributed by atoms with E-state index in [1.807, 2.05) is 60.4 Å². The van der Waals surface area contributed by atoms with Crippen LogP contribution in [-0.4, -0.2) is 84.1 Å². The van der Waals surface area contributed by atoms with Gasteiger partial charge in [0.2, 0.25) is 0 Å². The lowest BCUT2D eigenvalue weighted by molar-refractivity contribution is 0.132. The van der Waals surface area contributed by atoms with Crippen LogP contribution >= 0.6 is 0 Å². The van der Waals surface area contributed by atoms with Crippen molar-refractivity contribution in [1.82, 2.24) is 30.0 Å². The van der Waals surface area contributed by atoms with Crippen molar-refractivity contribution in [2.45, 2.75) is 25.9 Å². The van der Waals surface area contributed by atoms with Crippen molar-refractivity contribution >= 4 is 22.8 Å². The van der Waals surface area contributed by atoms with E-state index < -0.39 is 0 Å². The summed E-state index contributed by atoms with van der Waals surface area (Å²) < 4.78 is 0. The number of nitrogens with zero attached hydrogens (tertiary/aromatic N) is 5. The Labute approximate surface area is 208 Å². The summed E-state index contributed by atoms with van der Waals surface area (Å²) in [6.45, 7) is 7.58. The standard InChI is InChI=1S/C27H37N7O/c1-21(22-10-5-4-6-11-22)29-27(35)34-18-16-33(17-19-34)20-25-30-24-13-8-7-12-23(24)26(31-25)28-14-9-15-32(2)3/h4-8,10-13,21H,9,14-20H2,1-3H3,(H,29,35)(H,28,30,31)/t21-/m0/s1. The number of carbonyl (C=O) groups excluding carboxylic acids is 1. The first-order valence-electron chi connectivity index (χ1n) is 12.5. The van der Waals surface area contributed by atoms with E-state index >= 15 is 0 Å². The molecule has 35 heavy (non-hydrogen) atoms. The van der Waals surface area contributed by atoms with Gasteiger partial charge in [0.05, 0.1) is 18.1 Å². The molecule has 1 atom stereocenters. The Morgan fingerprint density at radius 2 is 1.71 bits per heavy atom. The van der Waals surface area contributed by atoms with Gasteiger partial charge in [0.1, 0.15) is 11.6 Å². The lowest BCUT2D eigenvalue weighted by atomic mass is 10.1. The number of fused-ring (bicyclic) bond motifs is 1. The molecular weight excluding hydrogens is 438 g/mol. The van der Waals surface area contributed by atoms with E-state index in [-0.39, 0.29) is 12.1 Å². The average Bonchev–Trinajstić information content (AvgIpc) is 2.87. The van der Waals surface area contributed by atoms with Gasteiger partial charge in [-0.3, -0.25) is 4.90 Å². The largest absolute Gasteiger partial charge is 0.369 e. The molecule has 0 unspecified atom stereocenters. The summed E-state index contributed by atoms with van der Waals surface area (Å²) in [6, 6.07) is 18.2. The second-order valence-corrected chi connectivity index (χ2v) is 9.43. The van der Waals surface area contributed by atoms with Crippen LogP contribution in [0.1, 0.15) is 30.8 Å². The lowest BCUT2D eigenvalue weighted by Gasteiger charge is -2.35. The molecule has 8 heteroatoms. The van der Waals surface area contributed by atoms with E-state index in [0.29, 0.717) is 19.6 Å². The molecule has 186 valence electrons. The average molecular weight is 476 g/mol. The number of benzene rings is 2. The van der Waals surface area contributed by atoms with Crippen molar-refractivity contribution in [2.75, 3.05) is 58.7 Å². The third kappa shape index (κ3) is 6.90. The predicted octanol–water partition coefficient (Wildman–Crippen LogP) is 3.58. The van der Waals surface area contributed by atoms with Gasteiger partial charge in [0.25, 0.3) is 0 Å². The van der Waals surface area contributed by atoms with Crippen LogP contribution in [0.25, 0.3) is 10.9 Å². The zero-order chi connectivity index (χ0) is 24.6. The van der Waals surface area contributed by atoms with Gasteiger partial charge in [-0.1, -0.05) is 42.5 Å². The van der Waals surface area contributed by atoms with E-state index in [1.165, 1.54) is 0 Å². The van der Waals surface area contributed by atoms with Gasteiger partial charge in [0, 0.05) is 38.1 Å². The van der Waals surface area contributed by atoms with Crippen LogP contribution in [-0.2, 0) is 6.54 Å². The van der Waals surface area contributed by atoms with Crippen LogP contribution in [0, 0.1) is 0 Å². The van der Waals surface area contributed by atoms with E-state index in [1.54, 1.807) is 0 Å². The smallest absolute Gasteiger partial charge is 0.317 e. The number of para-hydroxylation sites is 1. The zero-order valence-electron chi connectivity index (χ0n) is 21.1. The number of hydrogen-bond donors (Lipinski definition) is 2. The highest BCUT2D eigenvalue weighted by molar-refractivity contribution is 5.88. The maximum Gasteiger partial charge on any atom is 0.317 e. The van der Waals surface area contributed by atoms with Crippen LogP contribution in [0.3, 0.4) is 0 Å². The monoisotopic (exact) mass is 475 g/mol. The van der Waals surface area contributed by atoms with Crippen molar-refractivity contribution in [1.29, 1.82) is 0 Å². The number of nitrogens with one attached hydrogen (secondary N) is 2. The predicted molar refractivity (Wildman–Crippen MR) is 141 cm³/mol. The number of anilines is 1. The molecule has 2 aromatic carbocycles. The van der Waals surface area contributed by atoms with E-state index in [9.17, 15) is 4.79 Å². The van der Waals surface area contributed by atoms with Crippen molar-refractivity contribution in [3.8, 4) is 0 Å². The van der Waals surface area contributed by atoms with Gasteiger partial charge in [-0.2, -0.15) is 0 Å². The van der Waals surface area contributed by atoms with E-state index in [2.05, 4.69) is 40.6 Å². The fourth-order valence-electron chi connectivity index (χ4n) is 4.34. The molecule has 0 spiro atoms. The van der Waals surface area contributed by atoms with Crippen molar-refractivity contribution in [3.63, 3.8) is 0 Å². The van der Waals surface area contributed by atoms with Gasteiger partial charge < -0.3 is 20.4 Å². The molecule has 4 rings (SSSR count). The summed E-state index contributed by atoms with van der Waals surface area (Å²) in [5.41, 5.74) is 2.07. The molecule has 2 amide bonds. The third-order valence-corrected chi connectivity index (χ3v) is 6.39. The molecule has 0 radical (unpaired) electrons. The van der Waals surface area contributed by atoms with Crippen molar-refractivity contribution in [3.05, 3.63) is 66.0 Å². The maximum absolute atomic E-state index is 12.8. The molecule has 1 saturated heterocycles. The van der Waals surface area contributed by atoms with Crippen molar-refractivity contribution < 1.29 is 4.79 Å². The highest BCUT2D eigenvalue weighted by Crippen LogP contribution is 2.21. The summed E-state index contributed by atoms with van der Waals surface area (Å²) in [6.07, 6.45) is 1.05. The Bertz CT molecular complexity index is 1100. The van der Waals surface area contributed by atoms with E-state index in [0.717, 1.165) is 60.7 Å². The van der Waals surface area contributed by atoms with Gasteiger partial charge >= 0.3 is 6.03 Å². The second kappa shape index (κ2) is 12.0. The quantitative estimate of drug-likeness (QED) is 0.461. The van der Waals surface area contributed by atoms with Crippen molar-refractivity contribution in [2.24, 2.45) is 0 Å². The minimum absolute atomic E-state index is 0.00725. The molecule has 1 aliphatic rings. The Morgan fingerprint density at radius 1 is 1.00 bits per heavy atom. The number of carbonyl (C=O) groups is 1. The summed E-state index contributed by atoms with van der Waals surface area (Å²) in [5, 5.41) is 7.69. The molecule has 2 heterocycles. The Kier molecular flexibility index (Phi) is 8.50. The Morgan fingerprint density at radius 3 is 2.46 bits per heavy atom. The fraction of sp³-hybridized carbons (Fsp3) is 0.444. The molecule has 0 aliphatic carbocycles.